The number of Topliss-reactive ketones (excluding diaryl/α,β-unsaturated/α-hetero) is 1. The van der Waals surface area contributed by atoms with Crippen molar-refractivity contribution in [3.63, 3.8) is 0 Å². The molecule has 0 radical (unpaired) electrons. The van der Waals surface area contributed by atoms with Gasteiger partial charge in [-0.05, 0) is 54.9 Å². The average molecular weight is 886 g/mol. The van der Waals surface area contributed by atoms with Crippen LogP contribution in [0.1, 0.15) is 151 Å². The number of nitrogens with zero attached hydrogens (tertiary/aromatic N) is 2. The normalized spacial score (nSPS) is 17.8. The molecule has 0 bridgehead atoms. The second-order valence-corrected chi connectivity index (χ2v) is 17.9. The van der Waals surface area contributed by atoms with E-state index < -0.39 is 60.2 Å². The summed E-state index contributed by atoms with van der Waals surface area (Å²) in [6.07, 6.45) is 9.86. The zero-order valence-corrected chi connectivity index (χ0v) is 40.7. The summed E-state index contributed by atoms with van der Waals surface area (Å²) in [4.78, 5) is 96.8. The molecule has 15 heteroatoms. The van der Waals surface area contributed by atoms with E-state index in [2.05, 4.69) is 54.3 Å². The maximum atomic E-state index is 14.3. The van der Waals surface area contributed by atoms with E-state index in [0.717, 1.165) is 44.9 Å². The van der Waals surface area contributed by atoms with Crippen LogP contribution >= 0.6 is 0 Å². The fraction of sp³-hybridized carbons (Fsp3) is 0.729. The van der Waals surface area contributed by atoms with Crippen molar-refractivity contribution in [2.24, 2.45) is 17.3 Å². The first-order chi connectivity index (χ1) is 29.9. The molecule has 4 rings (SSSR count). The molecule has 7 amide bonds. The Morgan fingerprint density at radius 3 is 1.90 bits per heavy atom. The molecule has 3 aliphatic rings. The fourth-order valence-corrected chi connectivity index (χ4v) is 7.34. The first-order valence-corrected chi connectivity index (χ1v) is 23.5. The molecule has 2 saturated carbocycles. The van der Waals surface area contributed by atoms with Crippen LogP contribution in [0.3, 0.4) is 0 Å². The van der Waals surface area contributed by atoms with Crippen LogP contribution in [0.4, 0.5) is 4.79 Å². The monoisotopic (exact) mass is 886 g/mol. The van der Waals surface area contributed by atoms with E-state index in [4.69, 9.17) is 4.74 Å². The lowest BCUT2D eigenvalue weighted by Gasteiger charge is -2.36. The van der Waals surface area contributed by atoms with Gasteiger partial charge < -0.3 is 41.1 Å². The quantitative estimate of drug-likeness (QED) is 0.117. The van der Waals surface area contributed by atoms with Gasteiger partial charge in [-0.2, -0.15) is 0 Å². The summed E-state index contributed by atoms with van der Waals surface area (Å²) in [6, 6.07) is 4.02. The molecule has 3 fully saturated rings. The molecule has 1 aliphatic heterocycles. The van der Waals surface area contributed by atoms with Crippen molar-refractivity contribution in [3.8, 4) is 0 Å². The Bertz CT molecular complexity index is 1560. The summed E-state index contributed by atoms with van der Waals surface area (Å²) in [7, 11) is 4.70. The Morgan fingerprint density at radius 1 is 0.794 bits per heavy atom. The van der Waals surface area contributed by atoms with Crippen LogP contribution in [0.25, 0.3) is 0 Å². The van der Waals surface area contributed by atoms with E-state index >= 15 is 0 Å². The third-order valence-electron chi connectivity index (χ3n) is 10.9. The largest absolute Gasteiger partial charge is 0.383 e. The maximum Gasteiger partial charge on any atom is 0.315 e. The molecule has 5 unspecified atom stereocenters. The lowest BCUT2D eigenvalue weighted by atomic mass is 9.83. The van der Waals surface area contributed by atoms with Gasteiger partial charge in [-0.1, -0.05) is 138 Å². The van der Waals surface area contributed by atoms with Gasteiger partial charge in [0.2, 0.25) is 29.4 Å². The molecule has 358 valence electrons. The van der Waals surface area contributed by atoms with Crippen LogP contribution in [0.2, 0.25) is 0 Å². The van der Waals surface area contributed by atoms with Gasteiger partial charge in [0.1, 0.15) is 18.1 Å². The minimum atomic E-state index is -1.15. The summed E-state index contributed by atoms with van der Waals surface area (Å²) in [6.45, 7) is 18.5. The second kappa shape index (κ2) is 29.8. The van der Waals surface area contributed by atoms with E-state index in [1.807, 2.05) is 34.6 Å². The molecular formula is C48H83N7O8. The van der Waals surface area contributed by atoms with Crippen molar-refractivity contribution in [2.45, 2.75) is 170 Å². The zero-order chi connectivity index (χ0) is 47.7. The number of benzene rings is 1. The minimum Gasteiger partial charge on any atom is -0.383 e. The average Bonchev–Trinajstić information content (AvgIpc) is 3.94. The Balaban J connectivity index is 0.00000231. The Morgan fingerprint density at radius 2 is 1.38 bits per heavy atom. The number of likely N-dealkylation sites (N-methyl/N-ethyl adjacent to an activating group) is 1. The van der Waals surface area contributed by atoms with Crippen molar-refractivity contribution >= 4 is 41.4 Å². The minimum absolute atomic E-state index is 0.0964. The van der Waals surface area contributed by atoms with Gasteiger partial charge in [0.05, 0.1) is 25.2 Å². The van der Waals surface area contributed by atoms with E-state index in [-0.39, 0.29) is 41.5 Å². The Kier molecular flexibility index (Phi) is 26.7. The number of hydrogen-bond acceptors (Lipinski definition) is 8. The number of hydrogen-bond donors (Lipinski definition) is 5. The van der Waals surface area contributed by atoms with Gasteiger partial charge in [0.15, 0.2) is 0 Å². The number of likely N-dealkylation sites (tertiary alicyclic amines) is 1. The topological polar surface area (TPSA) is 195 Å². The lowest BCUT2D eigenvalue weighted by Crippen LogP contribution is -2.60. The summed E-state index contributed by atoms with van der Waals surface area (Å²) < 4.78 is 5.34. The maximum absolute atomic E-state index is 14.3. The molecule has 0 spiro atoms. The fourth-order valence-electron chi connectivity index (χ4n) is 7.34. The van der Waals surface area contributed by atoms with Crippen molar-refractivity contribution in [2.75, 3.05) is 40.9 Å². The highest BCUT2D eigenvalue weighted by Gasteiger charge is 2.43. The Hall–Kier alpha value is -4.53. The van der Waals surface area contributed by atoms with Gasteiger partial charge in [0.25, 0.3) is 5.91 Å². The molecule has 1 aromatic carbocycles. The summed E-state index contributed by atoms with van der Waals surface area (Å²) >= 11 is 0. The van der Waals surface area contributed by atoms with Crippen LogP contribution in [0.5, 0.6) is 0 Å². The smallest absolute Gasteiger partial charge is 0.315 e. The predicted molar refractivity (Wildman–Crippen MR) is 248 cm³/mol. The van der Waals surface area contributed by atoms with Gasteiger partial charge in [-0.25, -0.2) is 4.79 Å². The molecule has 5 N–H and O–H groups in total. The van der Waals surface area contributed by atoms with Crippen molar-refractivity contribution in [1.82, 2.24) is 36.4 Å². The van der Waals surface area contributed by atoms with Gasteiger partial charge in [0, 0.05) is 27.7 Å². The van der Waals surface area contributed by atoms with E-state index in [1.165, 1.54) is 22.6 Å². The molecule has 5 atom stereocenters. The summed E-state index contributed by atoms with van der Waals surface area (Å²) in [5, 5.41) is 13.7. The number of carbonyl (C=O) groups is 7. The third-order valence-corrected chi connectivity index (χ3v) is 10.9. The van der Waals surface area contributed by atoms with Crippen LogP contribution in [0, 0.1) is 17.3 Å². The van der Waals surface area contributed by atoms with Crippen LogP contribution in [0.15, 0.2) is 30.3 Å². The highest BCUT2D eigenvalue weighted by Crippen LogP contribution is 2.34. The van der Waals surface area contributed by atoms with Crippen molar-refractivity contribution < 1.29 is 38.3 Å². The predicted octanol–water partition coefficient (Wildman–Crippen LogP) is 6.06. The molecular weight excluding hydrogens is 803 g/mol. The number of amides is 7. The number of methoxy groups -OCH3 is 1. The molecule has 1 aromatic rings. The molecule has 63 heavy (non-hydrogen) atoms. The highest BCUT2D eigenvalue weighted by atomic mass is 16.5. The standard InChI is InChI=1S/C40H61N7O8.2C3H8.C2H6/c1-40(2,3)30(24-55-6)43-39(54)45-33(27-16-11-8-12-17-27)38(53)47-21-13-18-29(47)35(50)42-28(22-25-19-20-25)34(49)36(51)41-23-31(48)44-32(37(52)46(4)5)26-14-9-7-10-15-26;2*1-3-2;1-2/h7,9-10,14-15,25,27-30,32-33H,8,11-13,16-24H2,1-6H3,(H,41,51)(H,42,50)(H,44,48)(H2,43,45,54);2*3H2,1-2H3;1-2H3. The number of ether oxygens (including phenoxy) is 1. The van der Waals surface area contributed by atoms with Gasteiger partial charge in [-0.15, -0.1) is 0 Å². The van der Waals surface area contributed by atoms with E-state index in [1.54, 1.807) is 51.5 Å². The lowest BCUT2D eigenvalue weighted by molar-refractivity contribution is -0.143. The van der Waals surface area contributed by atoms with E-state index in [0.29, 0.717) is 31.6 Å². The molecule has 1 heterocycles. The summed E-state index contributed by atoms with van der Waals surface area (Å²) in [5.41, 5.74) is 0.259. The molecule has 1 saturated heterocycles. The van der Waals surface area contributed by atoms with Crippen LogP contribution < -0.4 is 26.6 Å². The SMILES string of the molecule is CC.CCC.CCC.COCC(NC(=O)NC(C(=O)N1CCCC1C(=O)NC(CC1CC1)C(=O)C(=O)NCC(=O)NC(C(=O)N(C)C)c1ccccc1)C1CCCCC1)C(C)(C)C. The highest BCUT2D eigenvalue weighted by molar-refractivity contribution is 6.38. The number of urea groups is 1. The number of carbonyl (C=O) groups excluding carboxylic acids is 7. The number of nitrogens with one attached hydrogen (secondary N) is 5. The third kappa shape index (κ3) is 19.8. The first kappa shape index (κ1) is 56.5. The molecule has 15 nitrogen and oxygen atoms in total. The van der Waals surface area contributed by atoms with Crippen molar-refractivity contribution in [3.05, 3.63) is 35.9 Å². The van der Waals surface area contributed by atoms with E-state index in [9.17, 15) is 33.6 Å². The molecule has 2 aliphatic carbocycles. The molecule has 0 aromatic heterocycles. The zero-order valence-electron chi connectivity index (χ0n) is 40.7. The number of ketones is 1. The Labute approximate surface area is 378 Å². The number of rotatable bonds is 17. The summed E-state index contributed by atoms with van der Waals surface area (Å²) in [5.74, 6) is -3.78. The van der Waals surface area contributed by atoms with Crippen LogP contribution in [-0.2, 0) is 33.5 Å². The van der Waals surface area contributed by atoms with Gasteiger partial charge >= 0.3 is 6.03 Å². The second-order valence-electron chi connectivity index (χ2n) is 17.9. The van der Waals surface area contributed by atoms with Crippen molar-refractivity contribution in [1.29, 1.82) is 0 Å². The van der Waals surface area contributed by atoms with Gasteiger partial charge in [-0.3, -0.25) is 28.8 Å². The first-order valence-electron chi connectivity index (χ1n) is 23.5. The van der Waals surface area contributed by atoms with Crippen LogP contribution in [-0.4, -0.2) is 116 Å².